The van der Waals surface area contributed by atoms with Gasteiger partial charge in [-0.2, -0.15) is 0 Å². The zero-order chi connectivity index (χ0) is 14.8. The first-order chi connectivity index (χ1) is 10.1. The van der Waals surface area contributed by atoms with Crippen LogP contribution in [0.2, 0.25) is 0 Å². The van der Waals surface area contributed by atoms with E-state index in [2.05, 4.69) is 4.98 Å². The summed E-state index contributed by atoms with van der Waals surface area (Å²) in [6.07, 6.45) is 1.43. The van der Waals surface area contributed by atoms with Crippen molar-refractivity contribution in [2.75, 3.05) is 0 Å². The van der Waals surface area contributed by atoms with E-state index in [1.807, 2.05) is 55.5 Å². The molecule has 3 nitrogen and oxygen atoms in total. The zero-order valence-corrected chi connectivity index (χ0v) is 12.2. The van der Waals surface area contributed by atoms with Crippen molar-refractivity contribution in [1.82, 2.24) is 4.98 Å². The van der Waals surface area contributed by atoms with Gasteiger partial charge in [-0.15, -0.1) is 0 Å². The molecule has 104 valence electrons. The van der Waals surface area contributed by atoms with E-state index < -0.39 is 5.97 Å². The number of aromatic nitrogens is 1. The number of hydrogen-bond acceptors (Lipinski definition) is 3. The summed E-state index contributed by atoms with van der Waals surface area (Å²) in [6.45, 7) is 2.03. The largest absolute Gasteiger partial charge is 0.478 e. The Hall–Kier alpha value is -2.33. The monoisotopic (exact) mass is 295 g/mol. The molecule has 0 radical (unpaired) electrons. The van der Waals surface area contributed by atoms with Crippen LogP contribution in [-0.4, -0.2) is 16.1 Å². The van der Waals surface area contributed by atoms with E-state index in [1.54, 1.807) is 0 Å². The van der Waals surface area contributed by atoms with E-state index in [-0.39, 0.29) is 5.56 Å². The average molecular weight is 295 g/mol. The number of aromatic carboxylic acids is 1. The number of rotatable bonds is 3. The van der Waals surface area contributed by atoms with E-state index in [4.69, 9.17) is 0 Å². The molecule has 0 spiro atoms. The maximum atomic E-state index is 11.5. The van der Waals surface area contributed by atoms with Gasteiger partial charge in [0, 0.05) is 21.4 Å². The van der Waals surface area contributed by atoms with Crippen molar-refractivity contribution in [3.05, 3.63) is 65.9 Å². The summed E-state index contributed by atoms with van der Waals surface area (Å²) < 4.78 is 0. The number of carboxylic acid groups (broad SMARTS) is 1. The second-order valence-electron chi connectivity index (χ2n) is 4.74. The molecule has 0 saturated carbocycles. The van der Waals surface area contributed by atoms with Crippen molar-refractivity contribution in [1.29, 1.82) is 0 Å². The molecule has 1 heterocycles. The maximum absolute atomic E-state index is 11.5. The van der Waals surface area contributed by atoms with Gasteiger partial charge >= 0.3 is 5.97 Å². The Balaban J connectivity index is 2.16. The summed E-state index contributed by atoms with van der Waals surface area (Å²) in [7, 11) is 0. The van der Waals surface area contributed by atoms with Crippen LogP contribution in [0.5, 0.6) is 0 Å². The fourth-order valence-electron chi connectivity index (χ4n) is 2.10. The minimum absolute atomic E-state index is 0.235. The van der Waals surface area contributed by atoms with E-state index in [0.717, 1.165) is 20.7 Å². The molecule has 4 heteroatoms. The molecule has 0 atom stereocenters. The van der Waals surface area contributed by atoms with Gasteiger partial charge in [0.2, 0.25) is 0 Å². The summed E-state index contributed by atoms with van der Waals surface area (Å²) >= 11 is 1.46. The smallest absolute Gasteiger partial charge is 0.338 e. The van der Waals surface area contributed by atoms with Gasteiger partial charge in [-0.3, -0.25) is 4.98 Å². The summed E-state index contributed by atoms with van der Waals surface area (Å²) in [4.78, 5) is 17.4. The molecule has 0 amide bonds. The standard InChI is InChI=1S/C17H13NO2S/c1-11-6-8-12(9-7-11)21-16-13-4-2-3-5-15(13)18-10-14(16)17(19)20/h2-10H,1H3,(H,19,20). The first-order valence-corrected chi connectivity index (χ1v) is 7.32. The highest BCUT2D eigenvalue weighted by Crippen LogP contribution is 2.35. The summed E-state index contributed by atoms with van der Waals surface area (Å²) in [5.74, 6) is -0.956. The van der Waals surface area contributed by atoms with Gasteiger partial charge in [0.05, 0.1) is 11.1 Å². The molecule has 0 saturated heterocycles. The van der Waals surface area contributed by atoms with Gasteiger partial charge in [0.25, 0.3) is 0 Å². The van der Waals surface area contributed by atoms with Gasteiger partial charge in [-0.25, -0.2) is 4.79 Å². The summed E-state index contributed by atoms with van der Waals surface area (Å²) in [5, 5.41) is 10.3. The maximum Gasteiger partial charge on any atom is 0.338 e. The lowest BCUT2D eigenvalue weighted by Gasteiger charge is -2.09. The molecule has 3 aromatic rings. The summed E-state index contributed by atoms with van der Waals surface area (Å²) in [5.41, 5.74) is 2.22. The third-order valence-electron chi connectivity index (χ3n) is 3.20. The number of nitrogens with zero attached hydrogens (tertiary/aromatic N) is 1. The number of fused-ring (bicyclic) bond motifs is 1. The second-order valence-corrected chi connectivity index (χ2v) is 5.82. The van der Waals surface area contributed by atoms with Crippen LogP contribution in [0.1, 0.15) is 15.9 Å². The van der Waals surface area contributed by atoms with Crippen LogP contribution in [-0.2, 0) is 0 Å². The molecule has 0 aliphatic heterocycles. The number of pyridine rings is 1. The molecule has 0 aliphatic carbocycles. The molecule has 1 N–H and O–H groups in total. The van der Waals surface area contributed by atoms with Crippen LogP contribution >= 0.6 is 11.8 Å². The third kappa shape index (κ3) is 2.76. The Labute approximate surface area is 126 Å². The van der Waals surface area contributed by atoms with Crippen LogP contribution in [0.3, 0.4) is 0 Å². The highest BCUT2D eigenvalue weighted by atomic mass is 32.2. The summed E-state index contributed by atoms with van der Waals surface area (Å²) in [6, 6.07) is 15.6. The number of para-hydroxylation sites is 1. The molecule has 3 rings (SSSR count). The van der Waals surface area contributed by atoms with Crippen LogP contribution < -0.4 is 0 Å². The van der Waals surface area contributed by atoms with E-state index in [0.29, 0.717) is 0 Å². The Morgan fingerprint density at radius 1 is 1.10 bits per heavy atom. The fourth-order valence-corrected chi connectivity index (χ4v) is 3.14. The van der Waals surface area contributed by atoms with Gasteiger partial charge in [0.15, 0.2) is 0 Å². The normalized spacial score (nSPS) is 10.7. The number of hydrogen-bond donors (Lipinski definition) is 1. The van der Waals surface area contributed by atoms with Crippen molar-refractivity contribution < 1.29 is 9.90 Å². The van der Waals surface area contributed by atoms with Crippen LogP contribution in [0.25, 0.3) is 10.9 Å². The minimum atomic E-state index is -0.956. The van der Waals surface area contributed by atoms with Gasteiger partial charge in [0.1, 0.15) is 0 Å². The average Bonchev–Trinajstić information content (AvgIpc) is 2.49. The quantitative estimate of drug-likeness (QED) is 0.778. The molecular weight excluding hydrogens is 282 g/mol. The van der Waals surface area contributed by atoms with Gasteiger partial charge in [-0.05, 0) is 25.1 Å². The highest BCUT2D eigenvalue weighted by molar-refractivity contribution is 7.99. The Bertz CT molecular complexity index is 813. The fraction of sp³-hybridized carbons (Fsp3) is 0.0588. The molecule has 0 unspecified atom stereocenters. The molecule has 0 bridgehead atoms. The lowest BCUT2D eigenvalue weighted by atomic mass is 10.1. The molecule has 0 fully saturated rings. The zero-order valence-electron chi connectivity index (χ0n) is 11.4. The van der Waals surface area contributed by atoms with Crippen LogP contribution in [0.15, 0.2) is 64.5 Å². The Kier molecular flexibility index (Phi) is 3.62. The second kappa shape index (κ2) is 5.58. The lowest BCUT2D eigenvalue weighted by molar-refractivity contribution is 0.0693. The van der Waals surface area contributed by atoms with Crippen LogP contribution in [0.4, 0.5) is 0 Å². The van der Waals surface area contributed by atoms with E-state index >= 15 is 0 Å². The van der Waals surface area contributed by atoms with E-state index in [9.17, 15) is 9.90 Å². The van der Waals surface area contributed by atoms with E-state index in [1.165, 1.54) is 23.5 Å². The van der Waals surface area contributed by atoms with Gasteiger partial charge in [-0.1, -0.05) is 47.7 Å². The SMILES string of the molecule is Cc1ccc(Sc2c(C(=O)O)cnc3ccccc23)cc1. The van der Waals surface area contributed by atoms with Crippen molar-refractivity contribution in [3.8, 4) is 0 Å². The minimum Gasteiger partial charge on any atom is -0.478 e. The molecule has 1 aromatic heterocycles. The highest BCUT2D eigenvalue weighted by Gasteiger charge is 2.15. The van der Waals surface area contributed by atoms with Gasteiger partial charge < -0.3 is 5.11 Å². The number of carbonyl (C=O) groups is 1. The van der Waals surface area contributed by atoms with Crippen molar-refractivity contribution in [3.63, 3.8) is 0 Å². The molecule has 21 heavy (non-hydrogen) atoms. The number of aryl methyl sites for hydroxylation is 1. The van der Waals surface area contributed by atoms with Crippen molar-refractivity contribution >= 4 is 28.6 Å². The Morgan fingerprint density at radius 3 is 2.52 bits per heavy atom. The molecule has 2 aromatic carbocycles. The van der Waals surface area contributed by atoms with Crippen molar-refractivity contribution in [2.45, 2.75) is 16.7 Å². The lowest BCUT2D eigenvalue weighted by Crippen LogP contribution is -2.00. The first kappa shape index (κ1) is 13.6. The number of benzene rings is 2. The van der Waals surface area contributed by atoms with Crippen molar-refractivity contribution in [2.24, 2.45) is 0 Å². The Morgan fingerprint density at radius 2 is 1.81 bits per heavy atom. The molecule has 0 aliphatic rings. The third-order valence-corrected chi connectivity index (χ3v) is 4.35. The molecular formula is C17H13NO2S. The first-order valence-electron chi connectivity index (χ1n) is 6.51. The topological polar surface area (TPSA) is 50.2 Å². The predicted molar refractivity (Wildman–Crippen MR) is 84.0 cm³/mol. The predicted octanol–water partition coefficient (Wildman–Crippen LogP) is 4.39. The van der Waals surface area contributed by atoms with Crippen LogP contribution in [0, 0.1) is 6.92 Å². The number of carboxylic acids is 1.